The minimum atomic E-state index is -0.708. The number of piperazine rings is 1. The van der Waals surface area contributed by atoms with Crippen LogP contribution in [-0.4, -0.2) is 54.6 Å². The zero-order valence-corrected chi connectivity index (χ0v) is 20.0. The highest BCUT2D eigenvalue weighted by atomic mass is 19.1. The Morgan fingerprint density at radius 2 is 1.81 bits per heavy atom. The van der Waals surface area contributed by atoms with Crippen molar-refractivity contribution in [3.63, 3.8) is 0 Å². The van der Waals surface area contributed by atoms with Crippen molar-refractivity contribution in [3.05, 3.63) is 69.0 Å². The standard InChI is InChI=1S/C27H29F2N5O2/c28-21-13-17(26(35)31-18-4-5-18)14-22(29)25(21)34-10-8-33(9-11-34)15-16-3-6-19-23(12-16)32-27(36)20-2-1-7-30-24(19)20/h3,6,12-14,18,30H,1-2,4-5,7-11,15H2,(H,31,35)(H,32,36). The molecule has 7 nitrogen and oxygen atoms in total. The first kappa shape index (κ1) is 23.0. The number of carbonyl (C=O) groups is 1. The number of rotatable bonds is 5. The summed E-state index contributed by atoms with van der Waals surface area (Å²) in [5.74, 6) is -1.85. The number of hydrogen-bond donors (Lipinski definition) is 3. The molecule has 36 heavy (non-hydrogen) atoms. The van der Waals surface area contributed by atoms with Gasteiger partial charge in [0.05, 0.1) is 11.2 Å². The molecule has 1 saturated heterocycles. The second-order valence-corrected chi connectivity index (χ2v) is 10.0. The Morgan fingerprint density at radius 1 is 1.06 bits per heavy atom. The number of nitrogens with one attached hydrogen (secondary N) is 3. The van der Waals surface area contributed by atoms with Crippen molar-refractivity contribution in [1.29, 1.82) is 0 Å². The van der Waals surface area contributed by atoms with Crippen molar-refractivity contribution in [2.75, 3.05) is 42.9 Å². The molecule has 0 unspecified atom stereocenters. The summed E-state index contributed by atoms with van der Waals surface area (Å²) in [7, 11) is 0. The molecule has 6 rings (SSSR count). The van der Waals surface area contributed by atoms with E-state index in [0.717, 1.165) is 72.1 Å². The van der Waals surface area contributed by atoms with Gasteiger partial charge in [-0.25, -0.2) is 8.78 Å². The average molecular weight is 494 g/mol. The van der Waals surface area contributed by atoms with Crippen LogP contribution in [0.2, 0.25) is 0 Å². The van der Waals surface area contributed by atoms with Crippen LogP contribution in [0.3, 0.4) is 0 Å². The summed E-state index contributed by atoms with van der Waals surface area (Å²) in [4.78, 5) is 31.7. The van der Waals surface area contributed by atoms with Gasteiger partial charge in [-0.05, 0) is 49.4 Å². The van der Waals surface area contributed by atoms with Crippen LogP contribution in [0, 0.1) is 11.6 Å². The number of aromatic amines is 1. The van der Waals surface area contributed by atoms with Gasteiger partial charge in [-0.15, -0.1) is 0 Å². The number of H-pyrrole nitrogens is 1. The quantitative estimate of drug-likeness (QED) is 0.508. The molecule has 9 heteroatoms. The molecule has 0 bridgehead atoms. The average Bonchev–Trinajstić information content (AvgIpc) is 3.69. The molecule has 3 aromatic rings. The van der Waals surface area contributed by atoms with Crippen LogP contribution in [-0.2, 0) is 13.0 Å². The number of nitrogens with zero attached hydrogens (tertiary/aromatic N) is 2. The zero-order chi connectivity index (χ0) is 24.8. The maximum atomic E-state index is 14.8. The number of carbonyl (C=O) groups excluding carboxylic acids is 1. The minimum Gasteiger partial charge on any atom is -0.384 e. The Morgan fingerprint density at radius 3 is 2.53 bits per heavy atom. The van der Waals surface area contributed by atoms with E-state index in [1.807, 2.05) is 6.07 Å². The van der Waals surface area contributed by atoms with Crippen molar-refractivity contribution in [1.82, 2.24) is 15.2 Å². The summed E-state index contributed by atoms with van der Waals surface area (Å²) < 4.78 is 29.7. The molecule has 1 amide bonds. The molecule has 0 atom stereocenters. The predicted molar refractivity (Wildman–Crippen MR) is 136 cm³/mol. The highest BCUT2D eigenvalue weighted by Gasteiger charge is 2.27. The van der Waals surface area contributed by atoms with Gasteiger partial charge in [0.15, 0.2) is 0 Å². The smallest absolute Gasteiger partial charge is 0.253 e. The first-order chi connectivity index (χ1) is 17.5. The van der Waals surface area contributed by atoms with Gasteiger partial charge < -0.3 is 20.5 Å². The van der Waals surface area contributed by atoms with Crippen LogP contribution in [0.5, 0.6) is 0 Å². The molecular formula is C27H29F2N5O2. The van der Waals surface area contributed by atoms with E-state index in [0.29, 0.717) is 32.7 Å². The lowest BCUT2D eigenvalue weighted by molar-refractivity contribution is 0.0950. The molecule has 3 aliphatic rings. The monoisotopic (exact) mass is 493 g/mol. The van der Waals surface area contributed by atoms with E-state index in [1.54, 1.807) is 4.90 Å². The maximum absolute atomic E-state index is 14.8. The molecule has 3 N–H and O–H groups in total. The molecule has 1 aromatic heterocycles. The predicted octanol–water partition coefficient (Wildman–Crippen LogP) is 3.38. The SMILES string of the molecule is O=C(NC1CC1)c1cc(F)c(N2CCN(Cc3ccc4c5c(c(=O)[nH]c4c3)CCCN5)CC2)c(F)c1. The fourth-order valence-electron chi connectivity index (χ4n) is 5.29. The normalized spacial score (nSPS) is 18.1. The van der Waals surface area contributed by atoms with Crippen molar-refractivity contribution in [3.8, 4) is 0 Å². The van der Waals surface area contributed by atoms with Gasteiger partial charge in [0.25, 0.3) is 11.5 Å². The van der Waals surface area contributed by atoms with Crippen molar-refractivity contribution in [2.45, 2.75) is 38.3 Å². The van der Waals surface area contributed by atoms with E-state index in [-0.39, 0.29) is 22.9 Å². The van der Waals surface area contributed by atoms with Gasteiger partial charge in [0.1, 0.15) is 17.3 Å². The van der Waals surface area contributed by atoms with Gasteiger partial charge in [-0.2, -0.15) is 0 Å². The fraction of sp³-hybridized carbons (Fsp3) is 0.407. The van der Waals surface area contributed by atoms with Gasteiger partial charge in [0, 0.05) is 61.8 Å². The second kappa shape index (κ2) is 9.20. The number of aromatic nitrogens is 1. The Kier molecular flexibility index (Phi) is 5.87. The van der Waals surface area contributed by atoms with E-state index >= 15 is 0 Å². The van der Waals surface area contributed by atoms with Crippen molar-refractivity contribution >= 4 is 28.2 Å². The van der Waals surface area contributed by atoms with Crippen LogP contribution in [0.4, 0.5) is 20.2 Å². The molecule has 2 fully saturated rings. The van der Waals surface area contributed by atoms with Crippen LogP contribution < -0.4 is 21.1 Å². The van der Waals surface area contributed by atoms with E-state index in [2.05, 4.69) is 32.7 Å². The van der Waals surface area contributed by atoms with E-state index in [1.165, 1.54) is 0 Å². The topological polar surface area (TPSA) is 80.5 Å². The number of pyridine rings is 1. The Balaban J connectivity index is 1.13. The van der Waals surface area contributed by atoms with Crippen molar-refractivity contribution < 1.29 is 13.6 Å². The molecule has 3 heterocycles. The Labute approximate surface area is 207 Å². The molecule has 0 radical (unpaired) electrons. The van der Waals surface area contributed by atoms with Crippen molar-refractivity contribution in [2.24, 2.45) is 0 Å². The first-order valence-corrected chi connectivity index (χ1v) is 12.6. The summed E-state index contributed by atoms with van der Waals surface area (Å²) in [5, 5.41) is 7.17. The van der Waals surface area contributed by atoms with Gasteiger partial charge >= 0.3 is 0 Å². The van der Waals surface area contributed by atoms with E-state index in [4.69, 9.17) is 0 Å². The maximum Gasteiger partial charge on any atom is 0.253 e. The summed E-state index contributed by atoms with van der Waals surface area (Å²) in [6.07, 6.45) is 3.57. The number of benzene rings is 2. The molecule has 1 saturated carbocycles. The summed E-state index contributed by atoms with van der Waals surface area (Å²) in [6, 6.07) is 8.54. The second-order valence-electron chi connectivity index (χ2n) is 10.0. The number of hydrogen-bond acceptors (Lipinski definition) is 5. The fourth-order valence-corrected chi connectivity index (χ4v) is 5.29. The van der Waals surface area contributed by atoms with Crippen LogP contribution in [0.1, 0.15) is 40.7 Å². The zero-order valence-electron chi connectivity index (χ0n) is 20.0. The van der Waals surface area contributed by atoms with Gasteiger partial charge in [0.2, 0.25) is 0 Å². The highest BCUT2D eigenvalue weighted by Crippen LogP contribution is 2.29. The largest absolute Gasteiger partial charge is 0.384 e. The van der Waals surface area contributed by atoms with Crippen LogP contribution in [0.25, 0.3) is 10.9 Å². The minimum absolute atomic E-state index is 0.0186. The first-order valence-electron chi connectivity index (χ1n) is 12.6. The lowest BCUT2D eigenvalue weighted by atomic mass is 10.0. The third kappa shape index (κ3) is 4.43. The molecule has 0 spiro atoms. The molecule has 1 aliphatic carbocycles. The number of amides is 1. The number of halogens is 2. The van der Waals surface area contributed by atoms with E-state index in [9.17, 15) is 18.4 Å². The summed E-state index contributed by atoms with van der Waals surface area (Å²) in [6.45, 7) is 3.79. The molecular weight excluding hydrogens is 464 g/mol. The summed E-state index contributed by atoms with van der Waals surface area (Å²) >= 11 is 0. The lowest BCUT2D eigenvalue weighted by Gasteiger charge is -2.36. The Hall–Kier alpha value is -3.46. The van der Waals surface area contributed by atoms with E-state index < -0.39 is 17.5 Å². The number of fused-ring (bicyclic) bond motifs is 3. The molecule has 2 aromatic carbocycles. The van der Waals surface area contributed by atoms with Gasteiger partial charge in [-0.1, -0.05) is 12.1 Å². The molecule has 188 valence electrons. The summed E-state index contributed by atoms with van der Waals surface area (Å²) in [5.41, 5.74) is 3.58. The van der Waals surface area contributed by atoms with Gasteiger partial charge in [-0.3, -0.25) is 14.5 Å². The lowest BCUT2D eigenvalue weighted by Crippen LogP contribution is -2.46. The molecule has 2 aliphatic heterocycles. The van der Waals surface area contributed by atoms with Crippen LogP contribution >= 0.6 is 0 Å². The highest BCUT2D eigenvalue weighted by molar-refractivity contribution is 5.95. The number of anilines is 2. The third-order valence-electron chi connectivity index (χ3n) is 7.37. The van der Waals surface area contributed by atoms with Crippen LogP contribution in [0.15, 0.2) is 35.1 Å². The Bertz CT molecular complexity index is 1370. The third-order valence-corrected chi connectivity index (χ3v) is 7.37.